The van der Waals surface area contributed by atoms with E-state index in [0.29, 0.717) is 12.1 Å². The fraction of sp³-hybridized carbons (Fsp3) is 0.778. The first-order chi connectivity index (χ1) is 11.2. The molecule has 1 saturated heterocycles. The van der Waals surface area contributed by atoms with Gasteiger partial charge in [-0.25, -0.2) is 0 Å². The minimum absolute atomic E-state index is 0.0422. The van der Waals surface area contributed by atoms with Crippen LogP contribution in [0.3, 0.4) is 0 Å². The lowest BCUT2D eigenvalue weighted by molar-refractivity contribution is -0.103. The molecule has 4 rings (SSSR count). The molecule has 2 aliphatic carbocycles. The number of rotatable bonds is 6. The van der Waals surface area contributed by atoms with Gasteiger partial charge >= 0.3 is 0 Å². The number of ether oxygens (including phenoxy) is 2. The van der Waals surface area contributed by atoms with Crippen LogP contribution in [0.4, 0.5) is 0 Å². The van der Waals surface area contributed by atoms with Gasteiger partial charge in [0.1, 0.15) is 0 Å². The van der Waals surface area contributed by atoms with Crippen molar-refractivity contribution in [2.24, 2.45) is 5.92 Å². The van der Waals surface area contributed by atoms with Crippen LogP contribution in [0.15, 0.2) is 12.1 Å². The Morgan fingerprint density at radius 1 is 1.30 bits per heavy atom. The van der Waals surface area contributed by atoms with Crippen LogP contribution in [0.5, 0.6) is 0 Å². The highest BCUT2D eigenvalue weighted by Crippen LogP contribution is 2.44. The van der Waals surface area contributed by atoms with Gasteiger partial charge < -0.3 is 9.47 Å². The fourth-order valence-corrected chi connectivity index (χ4v) is 5.40. The smallest absolute Gasteiger partial charge is 0.0931 e. The molecule has 2 saturated carbocycles. The van der Waals surface area contributed by atoms with Crippen LogP contribution in [0.25, 0.3) is 0 Å². The van der Waals surface area contributed by atoms with E-state index in [-0.39, 0.29) is 5.60 Å². The summed E-state index contributed by atoms with van der Waals surface area (Å²) in [6, 6.07) is 4.64. The lowest BCUT2D eigenvalue weighted by atomic mass is 9.79. The van der Waals surface area contributed by atoms with Gasteiger partial charge in [0.15, 0.2) is 0 Å². The number of thiophene rings is 1. The molecule has 0 unspecified atom stereocenters. The number of hydrogen-bond acceptors (Lipinski definition) is 4. The maximum atomic E-state index is 6.21. The molecule has 1 aromatic heterocycles. The molecule has 128 valence electrons. The lowest BCUT2D eigenvalue weighted by Gasteiger charge is -2.43. The molecule has 0 spiro atoms. The Bertz CT molecular complexity index is 547. The summed E-state index contributed by atoms with van der Waals surface area (Å²) in [5.41, 5.74) is 0.0422. The molecular formula is C18H26ClNO2S. The second kappa shape index (κ2) is 6.64. The summed E-state index contributed by atoms with van der Waals surface area (Å²) in [5.74, 6) is 0.844. The molecule has 3 atom stereocenters. The average Bonchev–Trinajstić information content (AvgIpc) is 3.21. The quantitative estimate of drug-likeness (QED) is 0.757. The molecule has 0 N–H and O–H groups in total. The Balaban J connectivity index is 1.43. The maximum Gasteiger partial charge on any atom is 0.0931 e. The molecule has 23 heavy (non-hydrogen) atoms. The van der Waals surface area contributed by atoms with E-state index in [1.165, 1.54) is 17.7 Å². The van der Waals surface area contributed by atoms with Crippen molar-refractivity contribution >= 4 is 22.9 Å². The summed E-state index contributed by atoms with van der Waals surface area (Å²) >= 11 is 7.79. The van der Waals surface area contributed by atoms with Gasteiger partial charge in [-0.1, -0.05) is 11.6 Å². The standard InChI is InChI=1S/C18H26ClNO2S/c1-21-18-7-6-14(22-12-13-2-3-13)10-16(18)20(9-8-18)11-15-4-5-17(19)23-15/h4-5,13-14,16H,2-3,6-12H2,1H3/t14-,16-,18+/m0/s1. The van der Waals surface area contributed by atoms with Crippen molar-refractivity contribution in [3.8, 4) is 0 Å². The van der Waals surface area contributed by atoms with Crippen molar-refractivity contribution in [3.63, 3.8) is 0 Å². The SMILES string of the molecule is CO[C@@]12CC[C@H](OCC3CC3)C[C@@H]1N(Cc1ccc(Cl)s1)CC2. The van der Waals surface area contributed by atoms with Gasteiger partial charge in [0.2, 0.25) is 0 Å². The van der Waals surface area contributed by atoms with E-state index in [0.717, 1.165) is 55.6 Å². The highest BCUT2D eigenvalue weighted by atomic mass is 35.5. The van der Waals surface area contributed by atoms with Gasteiger partial charge in [0.25, 0.3) is 0 Å². The van der Waals surface area contributed by atoms with E-state index in [1.807, 2.05) is 13.2 Å². The Morgan fingerprint density at radius 3 is 2.87 bits per heavy atom. The van der Waals surface area contributed by atoms with Gasteiger partial charge in [-0.2, -0.15) is 0 Å². The zero-order chi connectivity index (χ0) is 15.9. The minimum atomic E-state index is 0.0422. The monoisotopic (exact) mass is 355 g/mol. The number of nitrogens with zero attached hydrogens (tertiary/aromatic N) is 1. The molecule has 3 fully saturated rings. The van der Waals surface area contributed by atoms with Gasteiger partial charge in [-0.3, -0.25) is 4.90 Å². The van der Waals surface area contributed by atoms with Crippen LogP contribution in [0.1, 0.15) is 43.4 Å². The normalized spacial score (nSPS) is 34.7. The van der Waals surface area contributed by atoms with Crippen molar-refractivity contribution in [2.75, 3.05) is 20.3 Å². The van der Waals surface area contributed by atoms with Crippen LogP contribution in [0, 0.1) is 5.92 Å². The highest BCUT2D eigenvalue weighted by Gasteiger charge is 2.51. The highest BCUT2D eigenvalue weighted by molar-refractivity contribution is 7.16. The second-order valence-corrected chi connectivity index (χ2v) is 9.18. The number of fused-ring (bicyclic) bond motifs is 1. The molecule has 2 heterocycles. The van der Waals surface area contributed by atoms with Crippen LogP contribution < -0.4 is 0 Å². The Morgan fingerprint density at radius 2 is 2.17 bits per heavy atom. The Kier molecular flexibility index (Phi) is 4.72. The first-order valence-electron chi connectivity index (χ1n) is 8.83. The molecule has 0 aromatic carbocycles. The molecule has 0 bridgehead atoms. The predicted molar refractivity (Wildman–Crippen MR) is 94.2 cm³/mol. The summed E-state index contributed by atoms with van der Waals surface area (Å²) in [4.78, 5) is 3.95. The van der Waals surface area contributed by atoms with Crippen LogP contribution in [-0.4, -0.2) is 42.9 Å². The van der Waals surface area contributed by atoms with E-state index in [2.05, 4.69) is 11.0 Å². The molecule has 1 aromatic rings. The van der Waals surface area contributed by atoms with Gasteiger partial charge in [0, 0.05) is 37.7 Å². The van der Waals surface area contributed by atoms with E-state index < -0.39 is 0 Å². The third-order valence-corrected chi connectivity index (χ3v) is 7.12. The molecule has 0 radical (unpaired) electrons. The Labute approximate surface area is 147 Å². The summed E-state index contributed by atoms with van der Waals surface area (Å²) in [6.07, 6.45) is 7.67. The molecule has 5 heteroatoms. The van der Waals surface area contributed by atoms with E-state index in [1.54, 1.807) is 11.3 Å². The van der Waals surface area contributed by atoms with Crippen molar-refractivity contribution in [2.45, 2.75) is 62.8 Å². The summed E-state index contributed by atoms with van der Waals surface area (Å²) < 4.78 is 13.1. The van der Waals surface area contributed by atoms with Crippen molar-refractivity contribution in [1.82, 2.24) is 4.90 Å². The molecule has 3 nitrogen and oxygen atoms in total. The van der Waals surface area contributed by atoms with Crippen LogP contribution in [0.2, 0.25) is 4.34 Å². The van der Waals surface area contributed by atoms with E-state index in [4.69, 9.17) is 21.1 Å². The van der Waals surface area contributed by atoms with Crippen molar-refractivity contribution in [1.29, 1.82) is 0 Å². The van der Waals surface area contributed by atoms with E-state index >= 15 is 0 Å². The fourth-order valence-electron chi connectivity index (χ4n) is 4.29. The van der Waals surface area contributed by atoms with E-state index in [9.17, 15) is 0 Å². The first-order valence-corrected chi connectivity index (χ1v) is 10.0. The summed E-state index contributed by atoms with van der Waals surface area (Å²) in [6.45, 7) is 3.07. The average molecular weight is 356 g/mol. The van der Waals surface area contributed by atoms with Crippen molar-refractivity contribution in [3.05, 3.63) is 21.3 Å². The largest absolute Gasteiger partial charge is 0.378 e. The predicted octanol–water partition coefficient (Wildman–Crippen LogP) is 4.34. The zero-order valence-electron chi connectivity index (χ0n) is 13.8. The molecule has 0 amide bonds. The third kappa shape index (κ3) is 3.47. The summed E-state index contributed by atoms with van der Waals surface area (Å²) in [5, 5.41) is 0. The lowest BCUT2D eigenvalue weighted by Crippen LogP contribution is -2.51. The van der Waals surface area contributed by atoms with Crippen LogP contribution in [-0.2, 0) is 16.0 Å². The van der Waals surface area contributed by atoms with Crippen LogP contribution >= 0.6 is 22.9 Å². The summed E-state index contributed by atoms with van der Waals surface area (Å²) in [7, 11) is 1.89. The number of hydrogen-bond donors (Lipinski definition) is 0. The topological polar surface area (TPSA) is 21.7 Å². The van der Waals surface area contributed by atoms with Gasteiger partial charge in [-0.15, -0.1) is 11.3 Å². The molecular weight excluding hydrogens is 330 g/mol. The minimum Gasteiger partial charge on any atom is -0.378 e. The number of likely N-dealkylation sites (tertiary alicyclic amines) is 1. The first kappa shape index (κ1) is 16.3. The van der Waals surface area contributed by atoms with Gasteiger partial charge in [-0.05, 0) is 56.6 Å². The molecule has 3 aliphatic rings. The molecule has 1 aliphatic heterocycles. The zero-order valence-corrected chi connectivity index (χ0v) is 15.4. The van der Waals surface area contributed by atoms with Crippen molar-refractivity contribution < 1.29 is 9.47 Å². The van der Waals surface area contributed by atoms with Gasteiger partial charge in [0.05, 0.1) is 16.0 Å². The number of methoxy groups -OCH3 is 1. The maximum absolute atomic E-state index is 6.21. The third-order valence-electron chi connectivity index (χ3n) is 5.90. The Hall–Kier alpha value is -0.130. The second-order valence-electron chi connectivity index (χ2n) is 7.38. The number of halogens is 1.